The van der Waals surface area contributed by atoms with Gasteiger partial charge in [-0.1, -0.05) is 0 Å². The van der Waals surface area contributed by atoms with Crippen LogP contribution in [0.2, 0.25) is 0 Å². The van der Waals surface area contributed by atoms with Crippen LogP contribution in [-0.2, 0) is 0 Å². The number of anilines is 1. The van der Waals surface area contributed by atoms with Crippen molar-refractivity contribution >= 4 is 21.7 Å². The molecule has 6 heteroatoms. The number of H-pyrrole nitrogens is 1. The van der Waals surface area contributed by atoms with Crippen LogP contribution >= 0.6 is 15.9 Å². The van der Waals surface area contributed by atoms with E-state index in [1.54, 1.807) is 0 Å². The number of aromatic amines is 1. The monoisotopic (exact) mass is 345 g/mol. The predicted octanol–water partition coefficient (Wildman–Crippen LogP) is 3.13. The summed E-state index contributed by atoms with van der Waals surface area (Å²) < 4.78 is 0.746. The van der Waals surface area contributed by atoms with Crippen LogP contribution in [0, 0.1) is 18.3 Å². The van der Waals surface area contributed by atoms with Gasteiger partial charge in [-0.3, -0.25) is 5.10 Å². The molecule has 5 nitrogen and oxygen atoms in total. The third-order valence-corrected chi connectivity index (χ3v) is 4.54. The van der Waals surface area contributed by atoms with Crippen molar-refractivity contribution in [3.8, 4) is 6.07 Å². The second-order valence-corrected chi connectivity index (χ2v) is 6.20. The third-order valence-electron chi connectivity index (χ3n) is 3.90. The van der Waals surface area contributed by atoms with E-state index in [-0.39, 0.29) is 0 Å². The molecule has 108 valence electrons. The highest BCUT2D eigenvalue weighted by molar-refractivity contribution is 9.10. The van der Waals surface area contributed by atoms with Crippen molar-refractivity contribution < 1.29 is 0 Å². The number of nitrogens with zero attached hydrogens (tertiary/aromatic N) is 4. The summed E-state index contributed by atoms with van der Waals surface area (Å²) >= 11 is 3.34. The van der Waals surface area contributed by atoms with E-state index in [0.717, 1.165) is 47.6 Å². The quantitative estimate of drug-likeness (QED) is 0.907. The molecule has 0 bridgehead atoms. The molecule has 1 aliphatic heterocycles. The van der Waals surface area contributed by atoms with Crippen LogP contribution in [0.1, 0.15) is 35.8 Å². The van der Waals surface area contributed by atoms with Crippen LogP contribution in [0.25, 0.3) is 0 Å². The molecule has 1 aliphatic rings. The zero-order valence-electron chi connectivity index (χ0n) is 11.8. The van der Waals surface area contributed by atoms with Crippen LogP contribution < -0.4 is 4.90 Å². The predicted molar refractivity (Wildman–Crippen MR) is 84.2 cm³/mol. The molecule has 0 radical (unpaired) electrons. The van der Waals surface area contributed by atoms with E-state index in [4.69, 9.17) is 5.26 Å². The van der Waals surface area contributed by atoms with E-state index >= 15 is 0 Å². The van der Waals surface area contributed by atoms with E-state index in [0.29, 0.717) is 11.6 Å². The highest BCUT2D eigenvalue weighted by atomic mass is 79.9. The Labute approximate surface area is 132 Å². The number of nitrogens with one attached hydrogen (secondary N) is 1. The molecule has 1 N–H and O–H groups in total. The Morgan fingerprint density at radius 3 is 2.76 bits per heavy atom. The summed E-state index contributed by atoms with van der Waals surface area (Å²) in [4.78, 5) is 6.65. The molecule has 0 spiro atoms. The fourth-order valence-electron chi connectivity index (χ4n) is 2.74. The van der Waals surface area contributed by atoms with Crippen molar-refractivity contribution in [2.75, 3.05) is 18.0 Å². The number of hydrogen-bond acceptors (Lipinski definition) is 4. The molecule has 3 heterocycles. The van der Waals surface area contributed by atoms with E-state index in [1.165, 1.54) is 0 Å². The lowest BCUT2D eigenvalue weighted by Gasteiger charge is -2.32. The Kier molecular flexibility index (Phi) is 3.93. The number of pyridine rings is 1. The molecule has 1 saturated heterocycles. The molecule has 0 atom stereocenters. The van der Waals surface area contributed by atoms with Gasteiger partial charge in [-0.05, 0) is 53.9 Å². The summed E-state index contributed by atoms with van der Waals surface area (Å²) in [5.41, 5.74) is 2.71. The fourth-order valence-corrected chi connectivity index (χ4v) is 3.05. The zero-order valence-corrected chi connectivity index (χ0v) is 13.4. The smallest absolute Gasteiger partial charge is 0.157 e. The van der Waals surface area contributed by atoms with Crippen molar-refractivity contribution in [2.45, 2.75) is 25.7 Å². The summed E-state index contributed by atoms with van der Waals surface area (Å²) in [6.07, 6.45) is 2.12. The Bertz CT molecular complexity index is 680. The maximum atomic E-state index is 9.06. The van der Waals surface area contributed by atoms with Crippen LogP contribution in [0.5, 0.6) is 0 Å². The van der Waals surface area contributed by atoms with Gasteiger partial charge in [0.25, 0.3) is 0 Å². The molecule has 0 amide bonds. The van der Waals surface area contributed by atoms with Crippen molar-refractivity contribution in [1.29, 1.82) is 5.26 Å². The molecule has 1 fully saturated rings. The minimum Gasteiger partial charge on any atom is -0.357 e. The SMILES string of the molecule is Cc1cc(C2CCN(c3ccc(Br)c(C#N)n3)CC2)n[nH]1. The minimum absolute atomic E-state index is 0.442. The summed E-state index contributed by atoms with van der Waals surface area (Å²) in [7, 11) is 0. The van der Waals surface area contributed by atoms with Gasteiger partial charge in [0, 0.05) is 24.7 Å². The first-order valence-electron chi connectivity index (χ1n) is 7.01. The van der Waals surface area contributed by atoms with Crippen molar-refractivity contribution in [1.82, 2.24) is 15.2 Å². The molecule has 2 aromatic rings. The number of aromatic nitrogens is 3. The van der Waals surface area contributed by atoms with Gasteiger partial charge in [-0.25, -0.2) is 4.98 Å². The summed E-state index contributed by atoms with van der Waals surface area (Å²) in [6.45, 7) is 3.91. The molecular formula is C15H16BrN5. The van der Waals surface area contributed by atoms with Crippen LogP contribution in [-0.4, -0.2) is 28.3 Å². The molecule has 0 aromatic carbocycles. The summed E-state index contributed by atoms with van der Waals surface area (Å²) in [5, 5.41) is 16.4. The topological polar surface area (TPSA) is 68.6 Å². The number of hydrogen-bond donors (Lipinski definition) is 1. The van der Waals surface area contributed by atoms with Gasteiger partial charge in [0.15, 0.2) is 5.69 Å². The van der Waals surface area contributed by atoms with Gasteiger partial charge >= 0.3 is 0 Å². The summed E-state index contributed by atoms with van der Waals surface area (Å²) in [6, 6.07) is 8.10. The lowest BCUT2D eigenvalue weighted by atomic mass is 9.93. The first kappa shape index (κ1) is 14.1. The lowest BCUT2D eigenvalue weighted by Crippen LogP contribution is -2.33. The third kappa shape index (κ3) is 2.93. The van der Waals surface area contributed by atoms with Crippen LogP contribution in [0.4, 0.5) is 5.82 Å². The van der Waals surface area contributed by atoms with Crippen molar-refractivity contribution in [3.63, 3.8) is 0 Å². The number of rotatable bonds is 2. The Morgan fingerprint density at radius 1 is 1.38 bits per heavy atom. The molecule has 21 heavy (non-hydrogen) atoms. The van der Waals surface area contributed by atoms with Gasteiger partial charge in [-0.2, -0.15) is 10.4 Å². The zero-order chi connectivity index (χ0) is 14.8. The maximum absolute atomic E-state index is 9.06. The highest BCUT2D eigenvalue weighted by Gasteiger charge is 2.23. The van der Waals surface area contributed by atoms with Gasteiger partial charge in [0.2, 0.25) is 0 Å². The normalized spacial score (nSPS) is 16.0. The lowest BCUT2D eigenvalue weighted by molar-refractivity contribution is 0.493. The fraction of sp³-hybridized carbons (Fsp3) is 0.400. The molecule has 0 aliphatic carbocycles. The maximum Gasteiger partial charge on any atom is 0.157 e. The largest absolute Gasteiger partial charge is 0.357 e. The highest BCUT2D eigenvalue weighted by Crippen LogP contribution is 2.29. The first-order chi connectivity index (χ1) is 10.2. The van der Waals surface area contributed by atoms with Crippen molar-refractivity contribution in [2.24, 2.45) is 0 Å². The number of halogens is 1. The number of piperidine rings is 1. The molecule has 0 unspecified atom stereocenters. The standard InChI is InChI=1S/C15H16BrN5/c1-10-8-13(20-19-10)11-4-6-21(7-5-11)15-3-2-12(16)14(9-17)18-15/h2-3,8,11H,4-7H2,1H3,(H,19,20). The van der Waals surface area contributed by atoms with Crippen LogP contribution in [0.3, 0.4) is 0 Å². The van der Waals surface area contributed by atoms with E-state index < -0.39 is 0 Å². The number of aryl methyl sites for hydroxylation is 1. The second kappa shape index (κ2) is 5.86. The number of nitriles is 1. The van der Waals surface area contributed by atoms with E-state index in [2.05, 4.69) is 48.1 Å². The molecule has 2 aromatic heterocycles. The molecule has 0 saturated carbocycles. The Morgan fingerprint density at radius 2 is 2.14 bits per heavy atom. The minimum atomic E-state index is 0.442. The van der Waals surface area contributed by atoms with Crippen LogP contribution in [0.15, 0.2) is 22.7 Å². The van der Waals surface area contributed by atoms with Gasteiger partial charge in [0.1, 0.15) is 11.9 Å². The van der Waals surface area contributed by atoms with Gasteiger partial charge in [0.05, 0.1) is 10.2 Å². The van der Waals surface area contributed by atoms with Gasteiger partial charge < -0.3 is 4.90 Å². The van der Waals surface area contributed by atoms with Crippen molar-refractivity contribution in [3.05, 3.63) is 39.8 Å². The Balaban J connectivity index is 1.70. The second-order valence-electron chi connectivity index (χ2n) is 5.35. The average Bonchev–Trinajstić information content (AvgIpc) is 2.94. The average molecular weight is 346 g/mol. The summed E-state index contributed by atoms with van der Waals surface area (Å²) in [5.74, 6) is 1.39. The van der Waals surface area contributed by atoms with Gasteiger partial charge in [-0.15, -0.1) is 0 Å². The Hall–Kier alpha value is -1.87. The molecular weight excluding hydrogens is 330 g/mol. The van der Waals surface area contributed by atoms with E-state index in [9.17, 15) is 0 Å². The van der Waals surface area contributed by atoms with E-state index in [1.807, 2.05) is 19.1 Å². The first-order valence-corrected chi connectivity index (χ1v) is 7.80. The molecule has 3 rings (SSSR count).